The van der Waals surface area contributed by atoms with Gasteiger partial charge in [0.25, 0.3) is 0 Å². The second kappa shape index (κ2) is 7.53. The molecule has 0 aromatic carbocycles. The predicted octanol–water partition coefficient (Wildman–Crippen LogP) is -0.921. The maximum absolute atomic E-state index is 12.3. The van der Waals surface area contributed by atoms with E-state index in [2.05, 4.69) is 10.00 Å². The van der Waals surface area contributed by atoms with Crippen LogP contribution in [0.25, 0.3) is 0 Å². The Morgan fingerprint density at radius 1 is 1.43 bits per heavy atom. The lowest BCUT2D eigenvalue weighted by Crippen LogP contribution is -2.39. The molecule has 1 unspecified atom stereocenters. The van der Waals surface area contributed by atoms with E-state index < -0.39 is 6.10 Å². The van der Waals surface area contributed by atoms with Gasteiger partial charge in [0.15, 0.2) is 0 Å². The Kier molecular flexibility index (Phi) is 5.72. The van der Waals surface area contributed by atoms with Gasteiger partial charge in [-0.2, -0.15) is 5.10 Å². The summed E-state index contributed by atoms with van der Waals surface area (Å²) in [5.41, 5.74) is 1.02. The number of aliphatic hydroxyl groups excluding tert-OH is 2. The highest BCUT2D eigenvalue weighted by Crippen LogP contribution is 2.06. The van der Waals surface area contributed by atoms with Gasteiger partial charge in [-0.25, -0.2) is 0 Å². The van der Waals surface area contributed by atoms with Crippen LogP contribution < -0.4 is 0 Å². The van der Waals surface area contributed by atoms with Crippen LogP contribution in [0.2, 0.25) is 0 Å². The number of hydrogen-bond donors (Lipinski definition) is 2. The van der Waals surface area contributed by atoms with Crippen LogP contribution in [0, 0.1) is 6.92 Å². The van der Waals surface area contributed by atoms with E-state index in [1.54, 1.807) is 15.8 Å². The Hall–Kier alpha value is -1.44. The summed E-state index contributed by atoms with van der Waals surface area (Å²) in [6.07, 6.45) is 3.70. The summed E-state index contributed by atoms with van der Waals surface area (Å²) in [6.45, 7) is 5.25. The van der Waals surface area contributed by atoms with Crippen molar-refractivity contribution in [2.24, 2.45) is 0 Å². The van der Waals surface area contributed by atoms with Crippen LogP contribution in [-0.2, 0) is 11.3 Å². The van der Waals surface area contributed by atoms with E-state index in [0.717, 1.165) is 18.7 Å². The maximum atomic E-state index is 12.3. The summed E-state index contributed by atoms with van der Waals surface area (Å²) in [7, 11) is 0. The van der Waals surface area contributed by atoms with Crippen molar-refractivity contribution in [1.82, 2.24) is 19.6 Å². The Balaban J connectivity index is 1.89. The van der Waals surface area contributed by atoms with Gasteiger partial charge >= 0.3 is 0 Å². The van der Waals surface area contributed by atoms with Gasteiger partial charge in [-0.3, -0.25) is 14.4 Å². The number of amides is 1. The SMILES string of the molecule is Cc1cnn(CC(=O)N2CCN(CCCO)CC(O)C2)c1. The van der Waals surface area contributed by atoms with Gasteiger partial charge in [0.1, 0.15) is 6.54 Å². The minimum Gasteiger partial charge on any atom is -0.396 e. The molecular formula is C14H24N4O3. The summed E-state index contributed by atoms with van der Waals surface area (Å²) in [5, 5.41) is 23.0. The number of β-amino-alcohol motifs (C(OH)–C–C–N with tert-alkyl or cyclic N) is 1. The first-order valence-electron chi connectivity index (χ1n) is 7.36. The summed E-state index contributed by atoms with van der Waals surface area (Å²) in [4.78, 5) is 16.1. The molecule has 1 atom stereocenters. The molecule has 2 N–H and O–H groups in total. The molecule has 2 heterocycles. The van der Waals surface area contributed by atoms with Crippen LogP contribution in [-0.4, -0.2) is 81.1 Å². The van der Waals surface area contributed by atoms with E-state index in [0.29, 0.717) is 26.1 Å². The summed E-state index contributed by atoms with van der Waals surface area (Å²) in [5.74, 6) is -0.0267. The van der Waals surface area contributed by atoms with E-state index in [4.69, 9.17) is 5.11 Å². The molecule has 1 aromatic rings. The third-order valence-corrected chi connectivity index (χ3v) is 3.63. The van der Waals surface area contributed by atoms with E-state index in [9.17, 15) is 9.90 Å². The highest BCUT2D eigenvalue weighted by atomic mass is 16.3. The Morgan fingerprint density at radius 3 is 2.90 bits per heavy atom. The fourth-order valence-electron chi connectivity index (χ4n) is 2.57. The smallest absolute Gasteiger partial charge is 0.244 e. The van der Waals surface area contributed by atoms with Crippen molar-refractivity contribution in [1.29, 1.82) is 0 Å². The lowest BCUT2D eigenvalue weighted by Gasteiger charge is -2.21. The van der Waals surface area contributed by atoms with E-state index in [-0.39, 0.29) is 19.1 Å². The van der Waals surface area contributed by atoms with Crippen molar-refractivity contribution >= 4 is 5.91 Å². The molecule has 1 amide bonds. The molecule has 21 heavy (non-hydrogen) atoms. The zero-order valence-electron chi connectivity index (χ0n) is 12.5. The number of rotatable bonds is 5. The summed E-state index contributed by atoms with van der Waals surface area (Å²) >= 11 is 0. The molecule has 0 bridgehead atoms. The maximum Gasteiger partial charge on any atom is 0.244 e. The van der Waals surface area contributed by atoms with E-state index in [1.165, 1.54) is 0 Å². The third-order valence-electron chi connectivity index (χ3n) is 3.63. The zero-order valence-corrected chi connectivity index (χ0v) is 12.5. The first-order chi connectivity index (χ1) is 10.1. The normalized spacial score (nSPS) is 20.5. The molecule has 0 aliphatic carbocycles. The molecular weight excluding hydrogens is 272 g/mol. The fraction of sp³-hybridized carbons (Fsp3) is 0.714. The molecule has 1 aliphatic heterocycles. The standard InChI is InChI=1S/C14H24N4O3/c1-12-7-15-18(8-12)11-14(21)17-5-4-16(3-2-6-19)9-13(20)10-17/h7-8,13,19-20H,2-6,9-11H2,1H3. The minimum absolute atomic E-state index is 0.0267. The molecule has 7 nitrogen and oxygen atoms in total. The molecule has 1 aliphatic rings. The number of aromatic nitrogens is 2. The quantitative estimate of drug-likeness (QED) is 0.734. The average molecular weight is 296 g/mol. The molecule has 0 radical (unpaired) electrons. The Bertz CT molecular complexity index is 463. The monoisotopic (exact) mass is 296 g/mol. The van der Waals surface area contributed by atoms with Crippen LogP contribution >= 0.6 is 0 Å². The number of carbonyl (C=O) groups excluding carboxylic acids is 1. The summed E-state index contributed by atoms with van der Waals surface area (Å²) < 4.78 is 1.62. The largest absolute Gasteiger partial charge is 0.396 e. The zero-order chi connectivity index (χ0) is 15.2. The van der Waals surface area contributed by atoms with E-state index >= 15 is 0 Å². The molecule has 1 aromatic heterocycles. The van der Waals surface area contributed by atoms with Gasteiger partial charge in [-0.05, 0) is 18.9 Å². The average Bonchev–Trinajstić information content (AvgIpc) is 2.74. The van der Waals surface area contributed by atoms with Crippen molar-refractivity contribution in [3.63, 3.8) is 0 Å². The molecule has 1 fully saturated rings. The van der Waals surface area contributed by atoms with Crippen LogP contribution in [0.3, 0.4) is 0 Å². The molecule has 0 spiro atoms. The van der Waals surface area contributed by atoms with Gasteiger partial charge in [0, 0.05) is 45.5 Å². The van der Waals surface area contributed by atoms with Crippen molar-refractivity contribution in [3.05, 3.63) is 18.0 Å². The number of carbonyl (C=O) groups is 1. The van der Waals surface area contributed by atoms with Crippen molar-refractivity contribution in [2.45, 2.75) is 26.0 Å². The second-order valence-corrected chi connectivity index (χ2v) is 5.59. The molecule has 118 valence electrons. The van der Waals surface area contributed by atoms with Gasteiger partial charge in [0.05, 0.1) is 12.3 Å². The molecule has 7 heteroatoms. The first-order valence-corrected chi connectivity index (χ1v) is 7.36. The fourth-order valence-corrected chi connectivity index (χ4v) is 2.57. The molecule has 0 saturated carbocycles. The van der Waals surface area contributed by atoms with Gasteiger partial charge in [-0.1, -0.05) is 0 Å². The lowest BCUT2D eigenvalue weighted by molar-refractivity contribution is -0.132. The summed E-state index contributed by atoms with van der Waals surface area (Å²) in [6, 6.07) is 0. The number of aliphatic hydroxyl groups is 2. The van der Waals surface area contributed by atoms with Crippen molar-refractivity contribution in [3.8, 4) is 0 Å². The lowest BCUT2D eigenvalue weighted by atomic mass is 10.3. The Morgan fingerprint density at radius 2 is 2.24 bits per heavy atom. The van der Waals surface area contributed by atoms with Crippen LogP contribution in [0.4, 0.5) is 0 Å². The number of aryl methyl sites for hydroxylation is 1. The van der Waals surface area contributed by atoms with E-state index in [1.807, 2.05) is 13.1 Å². The third kappa shape index (κ3) is 4.80. The topological polar surface area (TPSA) is 81.8 Å². The minimum atomic E-state index is -0.547. The van der Waals surface area contributed by atoms with Crippen molar-refractivity contribution < 1.29 is 15.0 Å². The van der Waals surface area contributed by atoms with Gasteiger partial charge in [-0.15, -0.1) is 0 Å². The number of hydrogen-bond acceptors (Lipinski definition) is 5. The first kappa shape index (κ1) is 15.9. The number of nitrogens with zero attached hydrogens (tertiary/aromatic N) is 4. The van der Waals surface area contributed by atoms with Crippen LogP contribution in [0.5, 0.6) is 0 Å². The highest BCUT2D eigenvalue weighted by molar-refractivity contribution is 5.76. The second-order valence-electron chi connectivity index (χ2n) is 5.59. The predicted molar refractivity (Wildman–Crippen MR) is 77.7 cm³/mol. The van der Waals surface area contributed by atoms with Gasteiger partial charge < -0.3 is 15.1 Å². The molecule has 2 rings (SSSR count). The van der Waals surface area contributed by atoms with Gasteiger partial charge in [0.2, 0.25) is 5.91 Å². The van der Waals surface area contributed by atoms with Crippen LogP contribution in [0.1, 0.15) is 12.0 Å². The van der Waals surface area contributed by atoms with Crippen LogP contribution in [0.15, 0.2) is 12.4 Å². The van der Waals surface area contributed by atoms with Crippen molar-refractivity contribution in [2.75, 3.05) is 39.3 Å². The molecule has 1 saturated heterocycles. The highest BCUT2D eigenvalue weighted by Gasteiger charge is 2.24. The Labute approximate surface area is 124 Å².